The molecule has 1 aliphatic heterocycles. The molecule has 2 rings (SSSR count). The maximum absolute atomic E-state index is 5.34. The van der Waals surface area contributed by atoms with Crippen molar-refractivity contribution in [3.05, 3.63) is 35.9 Å². The van der Waals surface area contributed by atoms with E-state index >= 15 is 0 Å². The fourth-order valence-corrected chi connectivity index (χ4v) is 2.39. The molecule has 0 radical (unpaired) electrons. The summed E-state index contributed by atoms with van der Waals surface area (Å²) in [6.45, 7) is 3.01. The Morgan fingerprint density at radius 1 is 1.32 bits per heavy atom. The van der Waals surface area contributed by atoms with E-state index in [-0.39, 0.29) is 0 Å². The molecular formula is C17H21NO. The van der Waals surface area contributed by atoms with Crippen molar-refractivity contribution < 1.29 is 4.74 Å². The second-order valence-corrected chi connectivity index (χ2v) is 4.95. The van der Waals surface area contributed by atoms with Crippen molar-refractivity contribution in [1.29, 1.82) is 0 Å². The molecule has 1 aromatic rings. The second-order valence-electron chi connectivity index (χ2n) is 4.95. The van der Waals surface area contributed by atoms with Crippen LogP contribution in [-0.2, 0) is 0 Å². The van der Waals surface area contributed by atoms with Crippen molar-refractivity contribution in [1.82, 2.24) is 4.90 Å². The Morgan fingerprint density at radius 2 is 2.00 bits per heavy atom. The Balaban J connectivity index is 1.84. The highest BCUT2D eigenvalue weighted by Gasteiger charge is 2.15. The number of hydrogen-bond donors (Lipinski definition) is 0. The first-order chi connectivity index (χ1) is 9.31. The van der Waals surface area contributed by atoms with E-state index in [1.165, 1.54) is 18.4 Å². The molecule has 0 bridgehead atoms. The van der Waals surface area contributed by atoms with E-state index in [0.29, 0.717) is 5.92 Å². The largest absolute Gasteiger partial charge is 0.497 e. The van der Waals surface area contributed by atoms with Crippen LogP contribution in [0.15, 0.2) is 30.3 Å². The normalized spacial score (nSPS) is 17.5. The Kier molecular flexibility index (Phi) is 5.06. The summed E-state index contributed by atoms with van der Waals surface area (Å²) in [5.41, 5.74) is 1.23. The first kappa shape index (κ1) is 13.7. The number of allylic oxidation sites excluding steroid dienone is 1. The third-order valence-electron chi connectivity index (χ3n) is 3.62. The molecular weight excluding hydrogens is 234 g/mol. The monoisotopic (exact) mass is 255 g/mol. The molecule has 0 aliphatic carbocycles. The molecule has 100 valence electrons. The van der Waals surface area contributed by atoms with Crippen molar-refractivity contribution >= 4 is 6.08 Å². The standard InChI is InChI=1S/C17H21NO/c1-3-12-18-13-10-16(11-14-18)5-4-15-6-8-17(19-2)9-7-15/h1,4-9,16H,10-14H2,2H3/b5-4+. The number of terminal acetylenes is 1. The van der Waals surface area contributed by atoms with Crippen molar-refractivity contribution in [2.24, 2.45) is 5.92 Å². The van der Waals surface area contributed by atoms with Gasteiger partial charge in [0, 0.05) is 0 Å². The lowest BCUT2D eigenvalue weighted by Crippen LogP contribution is -2.33. The molecule has 2 nitrogen and oxygen atoms in total. The van der Waals surface area contributed by atoms with Gasteiger partial charge in [-0.1, -0.05) is 30.2 Å². The molecule has 0 unspecified atom stereocenters. The van der Waals surface area contributed by atoms with Crippen LogP contribution in [0.4, 0.5) is 0 Å². The third-order valence-corrected chi connectivity index (χ3v) is 3.62. The lowest BCUT2D eigenvalue weighted by Gasteiger charge is -2.28. The number of benzene rings is 1. The summed E-state index contributed by atoms with van der Waals surface area (Å²) in [4.78, 5) is 2.34. The Bertz CT molecular complexity index is 447. The summed E-state index contributed by atoms with van der Waals surface area (Å²) in [6, 6.07) is 8.16. The van der Waals surface area contributed by atoms with Crippen LogP contribution in [0, 0.1) is 18.3 Å². The van der Waals surface area contributed by atoms with Crippen LogP contribution in [-0.4, -0.2) is 31.6 Å². The van der Waals surface area contributed by atoms with Crippen LogP contribution in [0.3, 0.4) is 0 Å². The van der Waals surface area contributed by atoms with Gasteiger partial charge in [-0.2, -0.15) is 0 Å². The molecule has 2 heteroatoms. The fraction of sp³-hybridized carbons (Fsp3) is 0.412. The summed E-state index contributed by atoms with van der Waals surface area (Å²) in [5, 5.41) is 0. The van der Waals surface area contributed by atoms with Gasteiger partial charge in [0.05, 0.1) is 13.7 Å². The van der Waals surface area contributed by atoms with Gasteiger partial charge in [0.15, 0.2) is 0 Å². The van der Waals surface area contributed by atoms with Gasteiger partial charge in [0.1, 0.15) is 5.75 Å². The lowest BCUT2D eigenvalue weighted by atomic mass is 9.95. The number of likely N-dealkylation sites (tertiary alicyclic amines) is 1. The Labute approximate surface area is 116 Å². The zero-order valence-corrected chi connectivity index (χ0v) is 11.5. The summed E-state index contributed by atoms with van der Waals surface area (Å²) >= 11 is 0. The number of hydrogen-bond acceptors (Lipinski definition) is 2. The smallest absolute Gasteiger partial charge is 0.118 e. The maximum atomic E-state index is 5.34. The van der Waals surface area contributed by atoms with Crippen molar-refractivity contribution in [3.63, 3.8) is 0 Å². The SMILES string of the molecule is C#CCN1CCC(/C=C/c2ccc(OC)cc2)CC1. The van der Waals surface area contributed by atoms with Crippen LogP contribution in [0.5, 0.6) is 5.75 Å². The molecule has 1 saturated heterocycles. The molecule has 1 heterocycles. The number of piperidine rings is 1. The summed E-state index contributed by atoms with van der Waals surface area (Å²) in [7, 11) is 1.69. The minimum absolute atomic E-state index is 0.677. The maximum Gasteiger partial charge on any atom is 0.118 e. The van der Waals surface area contributed by atoms with E-state index in [1.54, 1.807) is 7.11 Å². The van der Waals surface area contributed by atoms with Crippen molar-refractivity contribution in [2.75, 3.05) is 26.7 Å². The predicted molar refractivity (Wildman–Crippen MR) is 80.0 cm³/mol. The van der Waals surface area contributed by atoms with Gasteiger partial charge in [-0.25, -0.2) is 0 Å². The average Bonchev–Trinajstić information content (AvgIpc) is 2.47. The lowest BCUT2D eigenvalue weighted by molar-refractivity contribution is 0.226. The van der Waals surface area contributed by atoms with Crippen molar-refractivity contribution in [2.45, 2.75) is 12.8 Å². The van der Waals surface area contributed by atoms with Gasteiger partial charge in [-0.3, -0.25) is 4.90 Å². The van der Waals surface area contributed by atoms with Gasteiger partial charge in [-0.15, -0.1) is 6.42 Å². The number of ether oxygens (including phenoxy) is 1. The molecule has 0 spiro atoms. The van der Waals surface area contributed by atoms with E-state index in [0.717, 1.165) is 25.4 Å². The number of nitrogens with zero attached hydrogens (tertiary/aromatic N) is 1. The minimum Gasteiger partial charge on any atom is -0.497 e. The minimum atomic E-state index is 0.677. The van der Waals surface area contributed by atoms with Gasteiger partial charge in [0.25, 0.3) is 0 Å². The van der Waals surface area contributed by atoms with Crippen LogP contribution >= 0.6 is 0 Å². The Hall–Kier alpha value is -1.72. The van der Waals surface area contributed by atoms with Crippen LogP contribution < -0.4 is 4.74 Å². The zero-order valence-electron chi connectivity index (χ0n) is 11.5. The highest BCUT2D eigenvalue weighted by molar-refractivity contribution is 5.50. The molecule has 1 aromatic carbocycles. The van der Waals surface area contributed by atoms with Gasteiger partial charge >= 0.3 is 0 Å². The molecule has 0 N–H and O–H groups in total. The van der Waals surface area contributed by atoms with Crippen LogP contribution in [0.1, 0.15) is 18.4 Å². The van der Waals surface area contributed by atoms with Crippen LogP contribution in [0.2, 0.25) is 0 Å². The van der Waals surface area contributed by atoms with E-state index in [9.17, 15) is 0 Å². The average molecular weight is 255 g/mol. The van der Waals surface area contributed by atoms with Gasteiger partial charge in [-0.05, 0) is 49.5 Å². The first-order valence-electron chi connectivity index (χ1n) is 6.80. The quantitative estimate of drug-likeness (QED) is 0.767. The van der Waals surface area contributed by atoms with E-state index in [4.69, 9.17) is 11.2 Å². The third kappa shape index (κ3) is 4.15. The highest BCUT2D eigenvalue weighted by Crippen LogP contribution is 2.20. The number of methoxy groups -OCH3 is 1. The van der Waals surface area contributed by atoms with Gasteiger partial charge in [0.2, 0.25) is 0 Å². The van der Waals surface area contributed by atoms with E-state index < -0.39 is 0 Å². The molecule has 0 atom stereocenters. The molecule has 0 saturated carbocycles. The van der Waals surface area contributed by atoms with Gasteiger partial charge < -0.3 is 4.74 Å². The van der Waals surface area contributed by atoms with E-state index in [2.05, 4.69) is 35.1 Å². The van der Waals surface area contributed by atoms with E-state index in [1.807, 2.05) is 12.1 Å². The van der Waals surface area contributed by atoms with Crippen molar-refractivity contribution in [3.8, 4) is 18.1 Å². The molecule has 0 aromatic heterocycles. The number of rotatable bonds is 4. The molecule has 19 heavy (non-hydrogen) atoms. The molecule has 1 aliphatic rings. The highest BCUT2D eigenvalue weighted by atomic mass is 16.5. The zero-order chi connectivity index (χ0) is 13.5. The second kappa shape index (κ2) is 7.01. The topological polar surface area (TPSA) is 12.5 Å². The fourth-order valence-electron chi connectivity index (χ4n) is 2.39. The summed E-state index contributed by atoms with van der Waals surface area (Å²) < 4.78 is 5.15. The Morgan fingerprint density at radius 3 is 2.58 bits per heavy atom. The summed E-state index contributed by atoms with van der Waals surface area (Å²) in [6.07, 6.45) is 12.3. The molecule has 0 amide bonds. The summed E-state index contributed by atoms with van der Waals surface area (Å²) in [5.74, 6) is 4.30. The predicted octanol–water partition coefficient (Wildman–Crippen LogP) is 3.05. The molecule has 1 fully saturated rings. The van der Waals surface area contributed by atoms with Crippen LogP contribution in [0.25, 0.3) is 6.08 Å². The first-order valence-corrected chi connectivity index (χ1v) is 6.80.